The van der Waals surface area contributed by atoms with Gasteiger partial charge >= 0.3 is 0 Å². The molecule has 1 amide bonds. The number of halogens is 2. The fraction of sp³-hybridized carbons (Fsp3) is 0.417. The molecule has 0 aromatic heterocycles. The van der Waals surface area contributed by atoms with E-state index in [1.165, 1.54) is 12.8 Å². The number of methoxy groups -OCH3 is 1. The Kier molecular flexibility index (Phi) is 6.72. The van der Waals surface area contributed by atoms with E-state index in [9.17, 15) is 4.79 Å². The summed E-state index contributed by atoms with van der Waals surface area (Å²) in [6, 6.07) is 11.7. The standard InChI is InChI=1S/C24H26Br2N2O3/c1-24-10-4-3-5-18(24)21(24)23(29)28-27-13-16-11-19(26)22(20(12-16)30-2)31-14-15-6-8-17(25)9-7-15/h6-9,11-13,18,21H,3-5,10,14H2,1-2H3,(H,28,29)/b27-13-/t18-,21+,24+/m1/s1. The zero-order chi connectivity index (χ0) is 22.0. The van der Waals surface area contributed by atoms with Crippen molar-refractivity contribution in [1.82, 2.24) is 5.43 Å². The highest BCUT2D eigenvalue weighted by atomic mass is 79.9. The first-order valence-corrected chi connectivity index (χ1v) is 12.1. The first kappa shape index (κ1) is 22.3. The molecule has 2 fully saturated rings. The molecule has 0 bridgehead atoms. The van der Waals surface area contributed by atoms with Gasteiger partial charge in [0.05, 0.1) is 17.8 Å². The lowest BCUT2D eigenvalue weighted by atomic mass is 9.90. The molecule has 0 spiro atoms. The quantitative estimate of drug-likeness (QED) is 0.336. The molecule has 7 heteroatoms. The molecule has 3 atom stereocenters. The number of hydrogen-bond acceptors (Lipinski definition) is 4. The van der Waals surface area contributed by atoms with Crippen LogP contribution in [0.5, 0.6) is 11.5 Å². The van der Waals surface area contributed by atoms with Crippen LogP contribution in [0, 0.1) is 17.3 Å². The Balaban J connectivity index is 1.39. The number of benzene rings is 2. The third kappa shape index (κ3) is 4.82. The first-order valence-electron chi connectivity index (χ1n) is 10.5. The number of nitrogens with zero attached hydrogens (tertiary/aromatic N) is 1. The summed E-state index contributed by atoms with van der Waals surface area (Å²) in [5.41, 5.74) is 4.78. The van der Waals surface area contributed by atoms with Crippen LogP contribution in [0.2, 0.25) is 0 Å². The second-order valence-corrected chi connectivity index (χ2v) is 10.3. The molecule has 4 rings (SSSR count). The summed E-state index contributed by atoms with van der Waals surface area (Å²) in [6.45, 7) is 2.66. The van der Waals surface area contributed by atoms with Crippen molar-refractivity contribution in [3.63, 3.8) is 0 Å². The van der Waals surface area contributed by atoms with Crippen molar-refractivity contribution in [3.05, 3.63) is 56.5 Å². The van der Waals surface area contributed by atoms with E-state index in [0.717, 1.165) is 32.9 Å². The van der Waals surface area contributed by atoms with Crippen LogP contribution < -0.4 is 14.9 Å². The Hall–Kier alpha value is -1.86. The van der Waals surface area contributed by atoms with Gasteiger partial charge < -0.3 is 9.47 Å². The van der Waals surface area contributed by atoms with Crippen LogP contribution in [0.1, 0.15) is 43.7 Å². The van der Waals surface area contributed by atoms with E-state index in [4.69, 9.17) is 9.47 Å². The van der Waals surface area contributed by atoms with Gasteiger partial charge in [0, 0.05) is 10.4 Å². The van der Waals surface area contributed by atoms with E-state index in [-0.39, 0.29) is 17.2 Å². The average molecular weight is 550 g/mol. The maximum Gasteiger partial charge on any atom is 0.244 e. The fourth-order valence-electron chi connectivity index (χ4n) is 4.78. The summed E-state index contributed by atoms with van der Waals surface area (Å²) in [5.74, 6) is 1.88. The number of carbonyl (C=O) groups excluding carboxylic acids is 1. The zero-order valence-electron chi connectivity index (χ0n) is 17.7. The maximum atomic E-state index is 12.6. The lowest BCUT2D eigenvalue weighted by molar-refractivity contribution is -0.123. The van der Waals surface area contributed by atoms with Gasteiger partial charge in [0.1, 0.15) is 6.61 Å². The highest BCUT2D eigenvalue weighted by Gasteiger charge is 2.64. The third-order valence-corrected chi connectivity index (χ3v) is 7.67. The number of carbonyl (C=O) groups is 1. The van der Waals surface area contributed by atoms with Gasteiger partial charge in [-0.25, -0.2) is 5.43 Å². The number of ether oxygens (including phenoxy) is 2. The normalized spacial score (nSPS) is 24.5. The van der Waals surface area contributed by atoms with Crippen molar-refractivity contribution in [3.8, 4) is 11.5 Å². The Labute approximate surface area is 199 Å². The third-order valence-electron chi connectivity index (χ3n) is 6.55. The molecule has 0 radical (unpaired) electrons. The summed E-state index contributed by atoms with van der Waals surface area (Å²) in [7, 11) is 1.60. The molecule has 2 aliphatic rings. The molecule has 0 heterocycles. The van der Waals surface area contributed by atoms with E-state index >= 15 is 0 Å². The van der Waals surface area contributed by atoms with E-state index in [0.29, 0.717) is 24.0 Å². The zero-order valence-corrected chi connectivity index (χ0v) is 20.8. The molecule has 2 aromatic rings. The molecule has 0 saturated heterocycles. The predicted octanol–water partition coefficient (Wildman–Crippen LogP) is 6.08. The Morgan fingerprint density at radius 1 is 1.26 bits per heavy atom. The Morgan fingerprint density at radius 3 is 2.71 bits per heavy atom. The maximum absolute atomic E-state index is 12.6. The van der Waals surface area contributed by atoms with E-state index in [2.05, 4.69) is 49.3 Å². The summed E-state index contributed by atoms with van der Waals surface area (Å²) in [5, 5.41) is 4.19. The van der Waals surface area contributed by atoms with E-state index in [1.54, 1.807) is 13.3 Å². The minimum Gasteiger partial charge on any atom is -0.493 e. The molecule has 31 heavy (non-hydrogen) atoms. The van der Waals surface area contributed by atoms with Crippen LogP contribution in [-0.2, 0) is 11.4 Å². The van der Waals surface area contributed by atoms with Crippen LogP contribution >= 0.6 is 31.9 Å². The molecule has 1 N–H and O–H groups in total. The van der Waals surface area contributed by atoms with Crippen molar-refractivity contribution in [2.45, 2.75) is 39.2 Å². The SMILES string of the molecule is COc1cc(/C=N\NC(=O)[C@@H]2[C@H]3CCCC[C@@]32C)cc(Br)c1OCc1ccc(Br)cc1. The van der Waals surface area contributed by atoms with Crippen LogP contribution in [0.25, 0.3) is 0 Å². The van der Waals surface area contributed by atoms with Crippen molar-refractivity contribution in [2.75, 3.05) is 7.11 Å². The second-order valence-electron chi connectivity index (χ2n) is 8.52. The van der Waals surface area contributed by atoms with Gasteiger partial charge in [-0.2, -0.15) is 5.10 Å². The molecule has 0 unspecified atom stereocenters. The van der Waals surface area contributed by atoms with Gasteiger partial charge in [-0.15, -0.1) is 0 Å². The number of hydrazone groups is 1. The van der Waals surface area contributed by atoms with Gasteiger partial charge in [0.2, 0.25) is 5.91 Å². The Morgan fingerprint density at radius 2 is 2.03 bits per heavy atom. The summed E-state index contributed by atoms with van der Waals surface area (Å²) in [4.78, 5) is 12.6. The van der Waals surface area contributed by atoms with Crippen LogP contribution in [0.3, 0.4) is 0 Å². The van der Waals surface area contributed by atoms with Gasteiger partial charge in [0.15, 0.2) is 11.5 Å². The van der Waals surface area contributed by atoms with Crippen molar-refractivity contribution < 1.29 is 14.3 Å². The summed E-state index contributed by atoms with van der Waals surface area (Å²) < 4.78 is 13.3. The number of rotatable bonds is 7. The molecule has 2 aromatic carbocycles. The smallest absolute Gasteiger partial charge is 0.244 e. The second kappa shape index (κ2) is 9.33. The largest absolute Gasteiger partial charge is 0.493 e. The molecule has 0 aliphatic heterocycles. The summed E-state index contributed by atoms with van der Waals surface area (Å²) in [6.07, 6.45) is 6.40. The van der Waals surface area contributed by atoms with Crippen molar-refractivity contribution >= 4 is 44.0 Å². The number of amides is 1. The number of fused-ring (bicyclic) bond motifs is 1. The minimum absolute atomic E-state index is 0.0335. The molecule has 5 nitrogen and oxygen atoms in total. The fourth-order valence-corrected chi connectivity index (χ4v) is 5.62. The molecule has 2 aliphatic carbocycles. The van der Waals surface area contributed by atoms with Crippen LogP contribution in [-0.4, -0.2) is 19.2 Å². The van der Waals surface area contributed by atoms with Gasteiger partial charge in [0.25, 0.3) is 0 Å². The number of hydrogen-bond donors (Lipinski definition) is 1. The highest BCUT2D eigenvalue weighted by molar-refractivity contribution is 9.10. The van der Waals surface area contributed by atoms with Crippen LogP contribution in [0.4, 0.5) is 0 Å². The minimum atomic E-state index is 0.0335. The molecular formula is C24H26Br2N2O3. The highest BCUT2D eigenvalue weighted by Crippen LogP contribution is 2.66. The molecule has 164 valence electrons. The van der Waals surface area contributed by atoms with Gasteiger partial charge in [-0.3, -0.25) is 4.79 Å². The summed E-state index contributed by atoms with van der Waals surface area (Å²) >= 11 is 7.00. The van der Waals surface area contributed by atoms with Crippen molar-refractivity contribution in [1.29, 1.82) is 0 Å². The lowest BCUT2D eigenvalue weighted by Gasteiger charge is -2.15. The van der Waals surface area contributed by atoms with E-state index < -0.39 is 0 Å². The average Bonchev–Trinajstić information content (AvgIpc) is 3.39. The van der Waals surface area contributed by atoms with Crippen molar-refractivity contribution in [2.24, 2.45) is 22.4 Å². The predicted molar refractivity (Wildman–Crippen MR) is 128 cm³/mol. The molecular weight excluding hydrogens is 524 g/mol. The lowest BCUT2D eigenvalue weighted by Crippen LogP contribution is -2.22. The number of nitrogens with one attached hydrogen (secondary N) is 1. The van der Waals surface area contributed by atoms with Crippen LogP contribution in [0.15, 0.2) is 50.4 Å². The first-order chi connectivity index (χ1) is 14.9. The topological polar surface area (TPSA) is 59.9 Å². The monoisotopic (exact) mass is 548 g/mol. The van der Waals surface area contributed by atoms with Gasteiger partial charge in [-0.05, 0) is 75.5 Å². The van der Waals surface area contributed by atoms with Gasteiger partial charge in [-0.1, -0.05) is 47.8 Å². The van der Waals surface area contributed by atoms with E-state index in [1.807, 2.05) is 36.4 Å². The Bertz CT molecular complexity index is 993. The molecule has 2 saturated carbocycles.